The van der Waals surface area contributed by atoms with Crippen molar-refractivity contribution >= 4 is 32.9 Å². The molecule has 0 aliphatic carbocycles. The van der Waals surface area contributed by atoms with Gasteiger partial charge in [-0.1, -0.05) is 29.8 Å². The maximum Gasteiger partial charge on any atom is 0.329 e. The highest BCUT2D eigenvalue weighted by Crippen LogP contribution is 2.33. The fraction of sp³-hybridized carbons (Fsp3) is 0.333. The Bertz CT molecular complexity index is 1330. The number of aryl methyl sites for hydroxylation is 1. The SMILES string of the molecule is COc1ccc(Br)cc1-c1nnc2n(CC(C)C)c3c(=O)[nH]c(=O)n(C)c3n12. The van der Waals surface area contributed by atoms with Gasteiger partial charge in [-0.25, -0.2) is 9.20 Å². The molecule has 4 rings (SSSR count). The van der Waals surface area contributed by atoms with Gasteiger partial charge in [-0.15, -0.1) is 10.2 Å². The molecule has 0 aliphatic heterocycles. The standard InChI is InChI=1S/C18H19BrN6O3/c1-9(2)8-24-13-15(26)20-18(27)23(3)16(13)25-14(21-22-17(24)25)11-7-10(19)5-6-12(11)28-4/h5-7,9H,8H2,1-4H3,(H,20,26,27). The average Bonchev–Trinajstić information content (AvgIpc) is 3.19. The summed E-state index contributed by atoms with van der Waals surface area (Å²) >= 11 is 3.47. The summed E-state index contributed by atoms with van der Waals surface area (Å²) in [6.07, 6.45) is 0. The second-order valence-corrected chi connectivity index (χ2v) is 7.91. The van der Waals surface area contributed by atoms with E-state index in [2.05, 4.69) is 31.1 Å². The minimum absolute atomic E-state index is 0.261. The molecule has 1 N–H and O–H groups in total. The number of methoxy groups -OCH3 is 1. The first-order valence-electron chi connectivity index (χ1n) is 8.74. The van der Waals surface area contributed by atoms with E-state index in [9.17, 15) is 9.59 Å². The van der Waals surface area contributed by atoms with Gasteiger partial charge in [0.05, 0.1) is 12.7 Å². The molecule has 10 heteroatoms. The Morgan fingerprint density at radius 3 is 2.68 bits per heavy atom. The van der Waals surface area contributed by atoms with Crippen LogP contribution in [0.25, 0.3) is 28.3 Å². The molecule has 0 fully saturated rings. The second-order valence-electron chi connectivity index (χ2n) is 7.00. The van der Waals surface area contributed by atoms with Crippen molar-refractivity contribution < 1.29 is 4.74 Å². The number of hydrogen-bond donors (Lipinski definition) is 1. The number of H-pyrrole nitrogens is 1. The number of nitrogens with zero attached hydrogens (tertiary/aromatic N) is 5. The van der Waals surface area contributed by atoms with Crippen molar-refractivity contribution in [1.82, 2.24) is 28.7 Å². The van der Waals surface area contributed by atoms with Gasteiger partial charge in [0.25, 0.3) is 5.56 Å². The zero-order valence-electron chi connectivity index (χ0n) is 15.9. The lowest BCUT2D eigenvalue weighted by Gasteiger charge is -2.08. The summed E-state index contributed by atoms with van der Waals surface area (Å²) in [6, 6.07) is 5.55. The third-order valence-electron chi connectivity index (χ3n) is 4.59. The molecule has 0 atom stereocenters. The van der Waals surface area contributed by atoms with Gasteiger partial charge in [0.1, 0.15) is 5.75 Å². The van der Waals surface area contributed by atoms with Gasteiger partial charge in [0.15, 0.2) is 17.0 Å². The molecule has 0 saturated heterocycles. The molecule has 0 unspecified atom stereocenters. The predicted molar refractivity (Wildman–Crippen MR) is 109 cm³/mol. The topological polar surface area (TPSA) is 99.2 Å². The van der Waals surface area contributed by atoms with Crippen LogP contribution in [0, 0.1) is 5.92 Å². The van der Waals surface area contributed by atoms with Crippen LogP contribution in [0.15, 0.2) is 32.3 Å². The molecule has 28 heavy (non-hydrogen) atoms. The van der Waals surface area contributed by atoms with Crippen LogP contribution in [0.3, 0.4) is 0 Å². The number of benzene rings is 1. The quantitative estimate of drug-likeness (QED) is 0.517. The summed E-state index contributed by atoms with van der Waals surface area (Å²) in [7, 11) is 3.19. The van der Waals surface area contributed by atoms with Crippen LogP contribution in [0.4, 0.5) is 0 Å². The van der Waals surface area contributed by atoms with Crippen molar-refractivity contribution in [2.24, 2.45) is 13.0 Å². The summed E-state index contributed by atoms with van der Waals surface area (Å²) < 4.78 is 11.3. The largest absolute Gasteiger partial charge is 0.496 e. The maximum absolute atomic E-state index is 12.7. The van der Waals surface area contributed by atoms with E-state index in [0.29, 0.717) is 40.6 Å². The van der Waals surface area contributed by atoms with E-state index in [1.807, 2.05) is 32.0 Å². The van der Waals surface area contributed by atoms with Crippen LogP contribution in [0.2, 0.25) is 0 Å². The number of rotatable bonds is 4. The molecule has 1 aromatic carbocycles. The van der Waals surface area contributed by atoms with E-state index in [4.69, 9.17) is 4.74 Å². The van der Waals surface area contributed by atoms with Gasteiger partial charge < -0.3 is 9.30 Å². The van der Waals surface area contributed by atoms with Gasteiger partial charge in [0.2, 0.25) is 5.78 Å². The van der Waals surface area contributed by atoms with Crippen molar-refractivity contribution in [2.75, 3.05) is 7.11 Å². The monoisotopic (exact) mass is 446 g/mol. The molecule has 3 aromatic heterocycles. The van der Waals surface area contributed by atoms with Crippen LogP contribution in [0.1, 0.15) is 13.8 Å². The molecule has 3 heterocycles. The Morgan fingerprint density at radius 1 is 1.25 bits per heavy atom. The van der Waals surface area contributed by atoms with Gasteiger partial charge in [-0.3, -0.25) is 14.3 Å². The van der Waals surface area contributed by atoms with E-state index >= 15 is 0 Å². The second kappa shape index (κ2) is 6.62. The van der Waals surface area contributed by atoms with Gasteiger partial charge in [0, 0.05) is 18.1 Å². The summed E-state index contributed by atoms with van der Waals surface area (Å²) in [4.78, 5) is 27.3. The third kappa shape index (κ3) is 2.67. The highest BCUT2D eigenvalue weighted by Gasteiger charge is 2.24. The highest BCUT2D eigenvalue weighted by molar-refractivity contribution is 9.10. The van der Waals surface area contributed by atoms with Gasteiger partial charge in [-0.05, 0) is 24.1 Å². The predicted octanol–water partition coefficient (Wildman–Crippen LogP) is 2.17. The molecule has 4 aromatic rings. The lowest BCUT2D eigenvalue weighted by molar-refractivity contribution is 0.416. The molecular weight excluding hydrogens is 428 g/mol. The summed E-state index contributed by atoms with van der Waals surface area (Å²) in [5.41, 5.74) is 0.571. The molecule has 0 aliphatic rings. The average molecular weight is 447 g/mol. The fourth-order valence-corrected chi connectivity index (χ4v) is 3.77. The Kier molecular flexibility index (Phi) is 4.37. The van der Waals surface area contributed by atoms with Crippen molar-refractivity contribution in [2.45, 2.75) is 20.4 Å². The molecular formula is C18H19BrN6O3. The number of imidazole rings is 1. The zero-order valence-corrected chi connectivity index (χ0v) is 17.4. The molecule has 9 nitrogen and oxygen atoms in total. The highest BCUT2D eigenvalue weighted by atomic mass is 79.9. The van der Waals surface area contributed by atoms with E-state index in [1.165, 1.54) is 4.57 Å². The number of aromatic nitrogens is 6. The first-order valence-corrected chi connectivity index (χ1v) is 9.53. The van der Waals surface area contributed by atoms with Crippen molar-refractivity contribution in [3.8, 4) is 17.1 Å². The Morgan fingerprint density at radius 2 is 2.00 bits per heavy atom. The van der Waals surface area contributed by atoms with E-state index in [-0.39, 0.29) is 5.92 Å². The molecule has 146 valence electrons. The van der Waals surface area contributed by atoms with Crippen molar-refractivity contribution in [3.63, 3.8) is 0 Å². The molecule has 0 bridgehead atoms. The number of ether oxygens (including phenoxy) is 1. The lowest BCUT2D eigenvalue weighted by atomic mass is 10.2. The smallest absolute Gasteiger partial charge is 0.329 e. The van der Waals surface area contributed by atoms with Gasteiger partial charge in [-0.2, -0.15) is 0 Å². The summed E-state index contributed by atoms with van der Waals surface area (Å²) in [6.45, 7) is 4.66. The third-order valence-corrected chi connectivity index (χ3v) is 5.08. The Balaban J connectivity index is 2.21. The van der Waals surface area contributed by atoms with Crippen LogP contribution in [-0.4, -0.2) is 35.8 Å². The van der Waals surface area contributed by atoms with E-state index < -0.39 is 11.2 Å². The minimum atomic E-state index is -0.498. The molecule has 0 amide bonds. The minimum Gasteiger partial charge on any atom is -0.496 e. The number of aromatic amines is 1. The van der Waals surface area contributed by atoms with Crippen LogP contribution in [0.5, 0.6) is 5.75 Å². The van der Waals surface area contributed by atoms with Gasteiger partial charge >= 0.3 is 5.69 Å². The normalized spacial score (nSPS) is 11.8. The summed E-state index contributed by atoms with van der Waals surface area (Å²) in [5.74, 6) is 1.85. The molecule has 0 radical (unpaired) electrons. The zero-order chi connectivity index (χ0) is 20.2. The Labute approximate surface area is 167 Å². The van der Waals surface area contributed by atoms with Crippen molar-refractivity contribution in [1.29, 1.82) is 0 Å². The first-order chi connectivity index (χ1) is 13.3. The summed E-state index contributed by atoms with van der Waals surface area (Å²) in [5, 5.41) is 8.70. The Hall–Kier alpha value is -2.88. The van der Waals surface area contributed by atoms with Crippen LogP contribution >= 0.6 is 15.9 Å². The maximum atomic E-state index is 12.7. The lowest BCUT2D eigenvalue weighted by Crippen LogP contribution is -2.29. The number of hydrogen-bond acceptors (Lipinski definition) is 5. The van der Waals surface area contributed by atoms with Crippen LogP contribution in [-0.2, 0) is 13.6 Å². The fourth-order valence-electron chi connectivity index (χ4n) is 3.41. The van der Waals surface area contributed by atoms with Crippen LogP contribution < -0.4 is 16.0 Å². The molecule has 0 saturated carbocycles. The van der Waals surface area contributed by atoms with E-state index in [1.54, 1.807) is 23.1 Å². The van der Waals surface area contributed by atoms with E-state index in [0.717, 1.165) is 4.47 Å². The first kappa shape index (κ1) is 18.5. The number of halogens is 1. The number of fused-ring (bicyclic) bond motifs is 3. The number of nitrogens with one attached hydrogen (secondary N) is 1. The van der Waals surface area contributed by atoms with Crippen molar-refractivity contribution in [3.05, 3.63) is 43.5 Å². The molecule has 0 spiro atoms.